The Morgan fingerprint density at radius 2 is 1.74 bits per heavy atom. The molecule has 2 aromatic carbocycles. The van der Waals surface area contributed by atoms with Crippen LogP contribution in [0.3, 0.4) is 0 Å². The van der Waals surface area contributed by atoms with Crippen LogP contribution < -0.4 is 14.4 Å². The van der Waals surface area contributed by atoms with Gasteiger partial charge in [0.15, 0.2) is 17.3 Å². The Morgan fingerprint density at radius 3 is 2.46 bits per heavy atom. The maximum absolute atomic E-state index is 12.6. The monoisotopic (exact) mass is 477 g/mol. The summed E-state index contributed by atoms with van der Waals surface area (Å²) in [5.74, 6) is 0.963. The van der Waals surface area contributed by atoms with Crippen molar-refractivity contribution in [3.05, 3.63) is 83.3 Å². The van der Waals surface area contributed by atoms with Crippen molar-refractivity contribution in [2.45, 2.75) is 6.61 Å². The van der Waals surface area contributed by atoms with Crippen molar-refractivity contribution in [3.63, 3.8) is 0 Å². The van der Waals surface area contributed by atoms with Crippen LogP contribution in [0.25, 0.3) is 6.08 Å². The minimum absolute atomic E-state index is 0.0861. The first kappa shape index (κ1) is 24.1. The molecule has 1 aromatic heterocycles. The van der Waals surface area contributed by atoms with Gasteiger partial charge in [0.05, 0.1) is 27.4 Å². The Bertz CT molecular complexity index is 1190. The van der Waals surface area contributed by atoms with Gasteiger partial charge in [-0.05, 0) is 60.2 Å². The molecule has 0 spiro atoms. The summed E-state index contributed by atoms with van der Waals surface area (Å²) in [7, 11) is 2.83. The molecule has 1 aliphatic rings. The lowest BCUT2D eigenvalue weighted by Gasteiger charge is -2.28. The van der Waals surface area contributed by atoms with Crippen LogP contribution in [0.2, 0.25) is 0 Å². The zero-order chi connectivity index (χ0) is 24.6. The van der Waals surface area contributed by atoms with E-state index in [1.807, 2.05) is 30.3 Å². The van der Waals surface area contributed by atoms with Crippen LogP contribution in [-0.2, 0) is 16.1 Å². The summed E-state index contributed by atoms with van der Waals surface area (Å²) in [5.41, 5.74) is 2.50. The fourth-order valence-corrected chi connectivity index (χ4v) is 3.65. The molecular formula is C27H27NO7. The Morgan fingerprint density at radius 1 is 0.971 bits per heavy atom. The molecule has 0 bridgehead atoms. The lowest BCUT2D eigenvalue weighted by atomic mass is 10.1. The number of ether oxygens (including phenoxy) is 4. The van der Waals surface area contributed by atoms with Gasteiger partial charge in [-0.25, -0.2) is 4.79 Å². The number of hydrogen-bond donors (Lipinski definition) is 0. The lowest BCUT2D eigenvalue weighted by molar-refractivity contribution is 0.0560. The lowest BCUT2D eigenvalue weighted by Crippen LogP contribution is -2.36. The van der Waals surface area contributed by atoms with E-state index >= 15 is 0 Å². The van der Waals surface area contributed by atoms with E-state index in [0.29, 0.717) is 22.8 Å². The molecule has 0 N–H and O–H groups in total. The van der Waals surface area contributed by atoms with Gasteiger partial charge >= 0.3 is 5.97 Å². The molecule has 0 aliphatic carbocycles. The number of nitrogens with zero attached hydrogens (tertiary/aromatic N) is 1. The molecule has 3 aromatic rings. The molecular weight excluding hydrogens is 450 g/mol. The van der Waals surface area contributed by atoms with Gasteiger partial charge in [0.25, 0.3) is 0 Å². The number of carbonyl (C=O) groups excluding carboxylic acids is 2. The average molecular weight is 478 g/mol. The molecule has 0 radical (unpaired) electrons. The highest BCUT2D eigenvalue weighted by Crippen LogP contribution is 2.29. The topological polar surface area (TPSA) is 87.4 Å². The quantitative estimate of drug-likeness (QED) is 0.255. The van der Waals surface area contributed by atoms with Crippen molar-refractivity contribution in [1.82, 2.24) is 0 Å². The second-order valence-corrected chi connectivity index (χ2v) is 7.80. The number of methoxy groups -OCH3 is 2. The average Bonchev–Trinajstić information content (AvgIpc) is 3.40. The number of allylic oxidation sites excluding steroid dienone is 1. The molecule has 1 fully saturated rings. The highest BCUT2D eigenvalue weighted by Gasteiger charge is 2.13. The number of ketones is 1. The Balaban J connectivity index is 1.37. The third kappa shape index (κ3) is 6.10. The minimum atomic E-state index is -0.549. The smallest absolute Gasteiger partial charge is 0.373 e. The van der Waals surface area contributed by atoms with Gasteiger partial charge in [-0.1, -0.05) is 12.1 Å². The number of rotatable bonds is 9. The van der Waals surface area contributed by atoms with E-state index in [0.717, 1.165) is 37.6 Å². The Hall–Kier alpha value is -4.04. The zero-order valence-electron chi connectivity index (χ0n) is 19.7. The summed E-state index contributed by atoms with van der Waals surface area (Å²) >= 11 is 0. The van der Waals surface area contributed by atoms with Crippen LogP contribution >= 0.6 is 0 Å². The molecule has 1 saturated heterocycles. The van der Waals surface area contributed by atoms with E-state index in [-0.39, 0.29) is 18.2 Å². The largest absolute Gasteiger partial charge is 0.493 e. The number of morpholine rings is 1. The van der Waals surface area contributed by atoms with Crippen LogP contribution in [0, 0.1) is 0 Å². The number of carbonyl (C=O) groups is 2. The summed E-state index contributed by atoms with van der Waals surface area (Å²) < 4.78 is 26.6. The molecule has 8 nitrogen and oxygen atoms in total. The third-order valence-electron chi connectivity index (χ3n) is 5.56. The number of hydrogen-bond acceptors (Lipinski definition) is 8. The van der Waals surface area contributed by atoms with Gasteiger partial charge in [0.2, 0.25) is 5.76 Å². The molecule has 182 valence electrons. The highest BCUT2D eigenvalue weighted by atomic mass is 16.5. The Labute approximate surface area is 203 Å². The summed E-state index contributed by atoms with van der Waals surface area (Å²) in [4.78, 5) is 26.4. The summed E-state index contributed by atoms with van der Waals surface area (Å²) in [6.45, 7) is 3.25. The summed E-state index contributed by atoms with van der Waals surface area (Å²) in [6.07, 6.45) is 3.27. The van der Waals surface area contributed by atoms with Gasteiger partial charge in [-0.15, -0.1) is 0 Å². The second kappa shape index (κ2) is 11.4. The fourth-order valence-electron chi connectivity index (χ4n) is 3.65. The van der Waals surface area contributed by atoms with E-state index in [9.17, 15) is 9.59 Å². The maximum Gasteiger partial charge on any atom is 0.373 e. The maximum atomic E-state index is 12.6. The number of anilines is 1. The molecule has 8 heteroatoms. The predicted molar refractivity (Wildman–Crippen MR) is 130 cm³/mol. The molecule has 0 saturated carbocycles. The molecule has 0 atom stereocenters. The standard InChI is InChI=1S/C27H27NO7/c1-31-26-17-19(4-11-24(26)34-18-22-9-12-25(35-22)27(30)32-2)3-10-23(29)20-5-7-21(8-6-20)28-13-15-33-16-14-28/h3-12,17H,13-16,18H2,1-2H3. The molecule has 1 aliphatic heterocycles. The molecule has 35 heavy (non-hydrogen) atoms. The highest BCUT2D eigenvalue weighted by molar-refractivity contribution is 6.07. The van der Waals surface area contributed by atoms with Crippen LogP contribution in [0.4, 0.5) is 5.69 Å². The fraction of sp³-hybridized carbons (Fsp3) is 0.259. The van der Waals surface area contributed by atoms with Crippen molar-refractivity contribution in [3.8, 4) is 11.5 Å². The molecule has 0 unspecified atom stereocenters. The van der Waals surface area contributed by atoms with Gasteiger partial charge in [0.1, 0.15) is 12.4 Å². The normalized spacial score (nSPS) is 13.6. The third-order valence-corrected chi connectivity index (χ3v) is 5.56. The van der Waals surface area contributed by atoms with Crippen LogP contribution in [-0.4, -0.2) is 52.3 Å². The summed E-state index contributed by atoms with van der Waals surface area (Å²) in [5, 5.41) is 0. The van der Waals surface area contributed by atoms with E-state index in [1.165, 1.54) is 19.3 Å². The van der Waals surface area contributed by atoms with Crippen molar-refractivity contribution in [1.29, 1.82) is 0 Å². The number of benzene rings is 2. The Kier molecular flexibility index (Phi) is 7.84. The van der Waals surface area contributed by atoms with Gasteiger partial charge in [0, 0.05) is 24.3 Å². The first-order chi connectivity index (χ1) is 17.1. The SMILES string of the molecule is COC(=O)c1ccc(COc2ccc(C=CC(=O)c3ccc(N4CCOCC4)cc3)cc2OC)o1. The van der Waals surface area contributed by atoms with E-state index in [2.05, 4.69) is 9.64 Å². The summed E-state index contributed by atoms with van der Waals surface area (Å²) in [6, 6.07) is 16.2. The first-order valence-electron chi connectivity index (χ1n) is 11.2. The van der Waals surface area contributed by atoms with Gasteiger partial charge in [-0.3, -0.25) is 4.79 Å². The zero-order valence-corrected chi connectivity index (χ0v) is 19.7. The molecule has 0 amide bonds. The van der Waals surface area contributed by atoms with Crippen molar-refractivity contribution in [2.24, 2.45) is 0 Å². The number of furan rings is 1. The van der Waals surface area contributed by atoms with Crippen molar-refractivity contribution < 1.29 is 33.0 Å². The van der Waals surface area contributed by atoms with Crippen LogP contribution in [0.5, 0.6) is 11.5 Å². The van der Waals surface area contributed by atoms with E-state index in [4.69, 9.17) is 18.6 Å². The van der Waals surface area contributed by atoms with Gasteiger partial charge < -0.3 is 28.3 Å². The number of esters is 1. The predicted octanol–water partition coefficient (Wildman–Crippen LogP) is 4.39. The van der Waals surface area contributed by atoms with Crippen LogP contribution in [0.15, 0.2) is 65.1 Å². The molecule has 4 rings (SSSR count). The second-order valence-electron chi connectivity index (χ2n) is 7.80. The van der Waals surface area contributed by atoms with Crippen LogP contribution in [0.1, 0.15) is 32.2 Å². The van der Waals surface area contributed by atoms with E-state index in [1.54, 1.807) is 31.4 Å². The van der Waals surface area contributed by atoms with E-state index < -0.39 is 5.97 Å². The minimum Gasteiger partial charge on any atom is -0.493 e. The van der Waals surface area contributed by atoms with Crippen molar-refractivity contribution >= 4 is 23.5 Å². The molecule has 2 heterocycles. The van der Waals surface area contributed by atoms with Crippen molar-refractivity contribution in [2.75, 3.05) is 45.4 Å². The first-order valence-corrected chi connectivity index (χ1v) is 11.2. The van der Waals surface area contributed by atoms with Gasteiger partial charge in [-0.2, -0.15) is 0 Å².